The number of rotatable bonds is 7. The second-order valence-corrected chi connectivity index (χ2v) is 3.69. The number of aliphatic hydroxyl groups excluding tert-OH is 1. The molecular weight excluding hydrogens is 240 g/mol. The van der Waals surface area contributed by atoms with Crippen LogP contribution in [-0.4, -0.2) is 41.0 Å². The fraction of sp³-hybridized carbons (Fsp3) is 0.600. The van der Waals surface area contributed by atoms with Gasteiger partial charge in [-0.2, -0.15) is 0 Å². The van der Waals surface area contributed by atoms with Gasteiger partial charge in [0.1, 0.15) is 11.5 Å². The van der Waals surface area contributed by atoms with Crippen LogP contribution in [0.4, 0.5) is 11.5 Å². The van der Waals surface area contributed by atoms with E-state index in [1.165, 1.54) is 7.05 Å². The highest BCUT2D eigenvalue weighted by Gasteiger charge is 2.08. The van der Waals surface area contributed by atoms with Gasteiger partial charge < -0.3 is 20.9 Å². The van der Waals surface area contributed by atoms with Gasteiger partial charge in [-0.3, -0.25) is 14.3 Å². The van der Waals surface area contributed by atoms with Gasteiger partial charge in [0.05, 0.1) is 13.2 Å². The summed E-state index contributed by atoms with van der Waals surface area (Å²) in [6, 6.07) is 0. The molecule has 8 heteroatoms. The number of nitrogens with two attached hydrogens (primary N) is 1. The van der Waals surface area contributed by atoms with Crippen molar-refractivity contribution in [2.75, 3.05) is 37.4 Å². The molecule has 0 radical (unpaired) electrons. The first-order chi connectivity index (χ1) is 8.57. The number of hydrogen-bond acceptors (Lipinski definition) is 6. The quantitative estimate of drug-likeness (QED) is 0.440. The molecule has 0 fully saturated rings. The van der Waals surface area contributed by atoms with Crippen molar-refractivity contribution in [3.05, 3.63) is 20.8 Å². The predicted molar refractivity (Wildman–Crippen MR) is 67.7 cm³/mol. The molecule has 0 aromatic carbocycles. The summed E-state index contributed by atoms with van der Waals surface area (Å²) in [5, 5.41) is 11.4. The van der Waals surface area contributed by atoms with Crippen molar-refractivity contribution in [2.24, 2.45) is 7.05 Å². The summed E-state index contributed by atoms with van der Waals surface area (Å²) in [6.45, 7) is 1.23. The minimum absolute atomic E-state index is 0.0131. The lowest BCUT2D eigenvalue weighted by atomic mass is 10.4. The second kappa shape index (κ2) is 6.82. The molecule has 1 aromatic rings. The van der Waals surface area contributed by atoms with Crippen LogP contribution in [0.1, 0.15) is 6.42 Å². The smallest absolute Gasteiger partial charge is 0.329 e. The van der Waals surface area contributed by atoms with E-state index in [4.69, 9.17) is 15.6 Å². The van der Waals surface area contributed by atoms with Crippen LogP contribution in [0.15, 0.2) is 9.59 Å². The van der Waals surface area contributed by atoms with Crippen LogP contribution in [0.25, 0.3) is 0 Å². The van der Waals surface area contributed by atoms with Gasteiger partial charge in [-0.15, -0.1) is 0 Å². The van der Waals surface area contributed by atoms with Crippen LogP contribution in [0.2, 0.25) is 0 Å². The van der Waals surface area contributed by atoms with Crippen molar-refractivity contribution in [1.82, 2.24) is 9.55 Å². The Morgan fingerprint density at radius 1 is 1.44 bits per heavy atom. The summed E-state index contributed by atoms with van der Waals surface area (Å²) >= 11 is 0. The maximum atomic E-state index is 11.5. The zero-order valence-electron chi connectivity index (χ0n) is 10.2. The molecule has 102 valence electrons. The summed E-state index contributed by atoms with van der Waals surface area (Å²) in [7, 11) is 1.48. The fourth-order valence-electron chi connectivity index (χ4n) is 1.36. The molecule has 8 nitrogen and oxygen atoms in total. The van der Waals surface area contributed by atoms with E-state index in [0.717, 1.165) is 4.57 Å². The van der Waals surface area contributed by atoms with E-state index in [0.29, 0.717) is 26.2 Å². The number of nitrogens with zero attached hydrogens (tertiary/aromatic N) is 1. The summed E-state index contributed by atoms with van der Waals surface area (Å²) in [5.74, 6) is 0.0972. The highest BCUT2D eigenvalue weighted by molar-refractivity contribution is 5.60. The standard InChI is InChI=1S/C10H18N4O4/c1-14-8(11)7(9(16)13-10(14)17)12-3-2-5-18-6-4-15/h12,15H,2-6,11H2,1H3,(H,13,16,17). The lowest BCUT2D eigenvalue weighted by Gasteiger charge is -2.10. The monoisotopic (exact) mass is 258 g/mol. The maximum absolute atomic E-state index is 11.5. The maximum Gasteiger partial charge on any atom is 0.329 e. The Kier molecular flexibility index (Phi) is 5.40. The minimum Gasteiger partial charge on any atom is -0.394 e. The Hall–Kier alpha value is -1.80. The van der Waals surface area contributed by atoms with Gasteiger partial charge in [0.25, 0.3) is 5.56 Å². The molecular formula is C10H18N4O4. The van der Waals surface area contributed by atoms with Crippen LogP contribution in [0.3, 0.4) is 0 Å². The van der Waals surface area contributed by atoms with Gasteiger partial charge in [-0.05, 0) is 6.42 Å². The van der Waals surface area contributed by atoms with Crippen molar-refractivity contribution in [2.45, 2.75) is 6.42 Å². The van der Waals surface area contributed by atoms with Crippen LogP contribution in [0.5, 0.6) is 0 Å². The van der Waals surface area contributed by atoms with Crippen LogP contribution in [-0.2, 0) is 11.8 Å². The Labute approximate surface area is 103 Å². The molecule has 0 spiro atoms. The van der Waals surface area contributed by atoms with Crippen LogP contribution < -0.4 is 22.3 Å². The van der Waals surface area contributed by atoms with Crippen LogP contribution >= 0.6 is 0 Å². The number of aromatic amines is 1. The topological polar surface area (TPSA) is 122 Å². The first-order valence-corrected chi connectivity index (χ1v) is 5.59. The van der Waals surface area contributed by atoms with E-state index in [1.54, 1.807) is 0 Å². The van der Waals surface area contributed by atoms with Gasteiger partial charge in [-0.25, -0.2) is 4.79 Å². The van der Waals surface area contributed by atoms with Crippen molar-refractivity contribution >= 4 is 11.5 Å². The summed E-state index contributed by atoms with van der Waals surface area (Å²) in [6.07, 6.45) is 0.654. The molecule has 0 atom stereocenters. The predicted octanol–water partition coefficient (Wildman–Crippen LogP) is -1.53. The average Bonchev–Trinajstić information content (AvgIpc) is 2.34. The first-order valence-electron chi connectivity index (χ1n) is 5.59. The summed E-state index contributed by atoms with van der Waals surface area (Å²) in [4.78, 5) is 24.9. The Morgan fingerprint density at radius 3 is 2.83 bits per heavy atom. The molecule has 0 amide bonds. The number of anilines is 2. The van der Waals surface area contributed by atoms with Crippen molar-refractivity contribution in [3.63, 3.8) is 0 Å². The normalized spacial score (nSPS) is 10.6. The van der Waals surface area contributed by atoms with E-state index in [1.807, 2.05) is 0 Å². The third-order valence-corrected chi connectivity index (χ3v) is 2.37. The molecule has 0 saturated heterocycles. The lowest BCUT2D eigenvalue weighted by molar-refractivity contribution is 0.0922. The number of nitrogens with one attached hydrogen (secondary N) is 2. The van der Waals surface area contributed by atoms with E-state index < -0.39 is 11.2 Å². The molecule has 0 aliphatic carbocycles. The van der Waals surface area contributed by atoms with E-state index >= 15 is 0 Å². The largest absolute Gasteiger partial charge is 0.394 e. The third-order valence-electron chi connectivity index (χ3n) is 2.37. The first kappa shape index (κ1) is 14.3. The number of nitrogen functional groups attached to an aromatic ring is 1. The Bertz CT molecular complexity index is 494. The minimum atomic E-state index is -0.547. The van der Waals surface area contributed by atoms with Gasteiger partial charge >= 0.3 is 5.69 Å². The fourth-order valence-corrected chi connectivity index (χ4v) is 1.36. The summed E-state index contributed by atoms with van der Waals surface area (Å²) in [5.41, 5.74) is 4.76. The van der Waals surface area contributed by atoms with Gasteiger partial charge in [0.15, 0.2) is 0 Å². The highest BCUT2D eigenvalue weighted by Crippen LogP contribution is 2.07. The third kappa shape index (κ3) is 3.60. The summed E-state index contributed by atoms with van der Waals surface area (Å²) < 4.78 is 6.22. The molecule has 0 bridgehead atoms. The molecule has 1 heterocycles. The highest BCUT2D eigenvalue weighted by atomic mass is 16.5. The van der Waals surface area contributed by atoms with E-state index in [9.17, 15) is 9.59 Å². The number of H-pyrrole nitrogens is 1. The van der Waals surface area contributed by atoms with Gasteiger partial charge in [0.2, 0.25) is 0 Å². The molecule has 0 unspecified atom stereocenters. The van der Waals surface area contributed by atoms with E-state index in [2.05, 4.69) is 10.3 Å². The average molecular weight is 258 g/mol. The zero-order chi connectivity index (χ0) is 13.5. The Balaban J connectivity index is 2.55. The molecule has 0 saturated carbocycles. The molecule has 0 aliphatic rings. The van der Waals surface area contributed by atoms with Crippen molar-refractivity contribution in [3.8, 4) is 0 Å². The molecule has 0 aliphatic heterocycles. The zero-order valence-corrected chi connectivity index (χ0v) is 10.2. The number of aromatic nitrogens is 2. The van der Waals surface area contributed by atoms with E-state index in [-0.39, 0.29) is 18.1 Å². The Morgan fingerprint density at radius 2 is 2.17 bits per heavy atom. The van der Waals surface area contributed by atoms with Crippen LogP contribution in [0, 0.1) is 0 Å². The molecule has 1 aromatic heterocycles. The number of ether oxygens (including phenoxy) is 1. The molecule has 18 heavy (non-hydrogen) atoms. The van der Waals surface area contributed by atoms with Crippen molar-refractivity contribution in [1.29, 1.82) is 0 Å². The number of aliphatic hydroxyl groups is 1. The van der Waals surface area contributed by atoms with Crippen molar-refractivity contribution < 1.29 is 9.84 Å². The second-order valence-electron chi connectivity index (χ2n) is 3.69. The van der Waals surface area contributed by atoms with Gasteiger partial charge in [-0.1, -0.05) is 0 Å². The van der Waals surface area contributed by atoms with Gasteiger partial charge in [0, 0.05) is 20.2 Å². The molecule has 1 rings (SSSR count). The SMILES string of the molecule is Cn1c(N)c(NCCCOCCO)c(=O)[nH]c1=O. The number of hydrogen-bond donors (Lipinski definition) is 4. The molecule has 5 N–H and O–H groups in total. The lowest BCUT2D eigenvalue weighted by Crippen LogP contribution is -2.32.